The van der Waals surface area contributed by atoms with Crippen molar-refractivity contribution in [3.05, 3.63) is 53.1 Å². The first-order chi connectivity index (χ1) is 15.4. The molecule has 4 rings (SSSR count). The summed E-state index contributed by atoms with van der Waals surface area (Å²) < 4.78 is 33.9. The molecule has 0 saturated carbocycles. The second-order valence-electron chi connectivity index (χ2n) is 8.54. The molecular formula is C24H31N3O4S. The zero-order chi connectivity index (χ0) is 22.7. The number of carbonyl (C=O) groups excluding carboxylic acids is 1. The van der Waals surface area contributed by atoms with Gasteiger partial charge < -0.3 is 15.0 Å². The van der Waals surface area contributed by atoms with Crippen LogP contribution in [0.1, 0.15) is 36.0 Å². The molecular weight excluding hydrogens is 426 g/mol. The molecule has 0 fully saturated rings. The standard InChI is InChI=1S/C24H31N3O4S/c1-26-12-4-6-20-15-18(8-11-23(20)26)17-27(13-14-31-2)32(29,30)21-9-10-22-19(16-21)5-3-7-24(28)25-22/h8-11,15-16H,3-7,12-14,17H2,1-2H3,(H,25,28). The molecule has 0 aliphatic carbocycles. The van der Waals surface area contributed by atoms with Gasteiger partial charge in [0.1, 0.15) is 0 Å². The fourth-order valence-corrected chi connectivity index (χ4v) is 5.94. The average Bonchev–Trinajstić information content (AvgIpc) is 2.96. The number of carbonyl (C=O) groups is 1. The highest BCUT2D eigenvalue weighted by Crippen LogP contribution is 2.30. The number of anilines is 2. The van der Waals surface area contributed by atoms with Gasteiger partial charge in [-0.05, 0) is 66.6 Å². The molecule has 0 bridgehead atoms. The highest BCUT2D eigenvalue weighted by Gasteiger charge is 2.27. The molecule has 0 atom stereocenters. The number of aryl methyl sites for hydroxylation is 2. The van der Waals surface area contributed by atoms with Gasteiger partial charge in [0.15, 0.2) is 0 Å². The zero-order valence-electron chi connectivity index (χ0n) is 18.8. The number of nitrogens with one attached hydrogen (secondary N) is 1. The van der Waals surface area contributed by atoms with Gasteiger partial charge >= 0.3 is 0 Å². The summed E-state index contributed by atoms with van der Waals surface area (Å²) in [5, 5.41) is 2.87. The van der Waals surface area contributed by atoms with Crippen LogP contribution in [0.2, 0.25) is 0 Å². The summed E-state index contributed by atoms with van der Waals surface area (Å²) in [6, 6.07) is 11.2. The Kier molecular flexibility index (Phi) is 6.83. The SMILES string of the molecule is COCCN(Cc1ccc2c(c1)CCCN2C)S(=O)(=O)c1ccc2c(c1)CCCC(=O)N2. The highest BCUT2D eigenvalue weighted by molar-refractivity contribution is 7.89. The Bertz CT molecular complexity index is 1100. The number of amides is 1. The Hall–Kier alpha value is -2.42. The van der Waals surface area contributed by atoms with Crippen molar-refractivity contribution in [3.63, 3.8) is 0 Å². The lowest BCUT2D eigenvalue weighted by Gasteiger charge is -2.28. The Morgan fingerprint density at radius 2 is 1.88 bits per heavy atom. The molecule has 32 heavy (non-hydrogen) atoms. The lowest BCUT2D eigenvalue weighted by Crippen LogP contribution is -2.34. The number of nitrogens with zero attached hydrogens (tertiary/aromatic N) is 2. The molecule has 2 aliphatic rings. The quantitative estimate of drug-likeness (QED) is 0.691. The average molecular weight is 458 g/mol. The number of ether oxygens (including phenoxy) is 1. The first-order valence-electron chi connectivity index (χ1n) is 11.1. The van der Waals surface area contributed by atoms with Crippen molar-refractivity contribution in [3.8, 4) is 0 Å². The van der Waals surface area contributed by atoms with E-state index in [4.69, 9.17) is 4.74 Å². The molecule has 0 radical (unpaired) electrons. The van der Waals surface area contributed by atoms with E-state index in [1.807, 2.05) is 6.07 Å². The van der Waals surface area contributed by atoms with E-state index in [1.54, 1.807) is 25.3 Å². The van der Waals surface area contributed by atoms with Crippen molar-refractivity contribution in [2.24, 2.45) is 0 Å². The third-order valence-corrected chi connectivity index (χ3v) is 8.08. The molecule has 2 aromatic carbocycles. The summed E-state index contributed by atoms with van der Waals surface area (Å²) in [6.45, 7) is 1.91. The van der Waals surface area contributed by atoms with E-state index >= 15 is 0 Å². The summed E-state index contributed by atoms with van der Waals surface area (Å²) in [6.07, 6.45) is 3.94. The normalized spacial score (nSPS) is 16.3. The number of benzene rings is 2. The number of fused-ring (bicyclic) bond motifs is 2. The first kappa shape index (κ1) is 22.8. The second kappa shape index (κ2) is 9.60. The predicted octanol–water partition coefficient (Wildman–Crippen LogP) is 3.18. The Balaban J connectivity index is 1.62. The number of methoxy groups -OCH3 is 1. The fourth-order valence-electron chi connectivity index (χ4n) is 4.48. The summed E-state index contributed by atoms with van der Waals surface area (Å²) >= 11 is 0. The van der Waals surface area contributed by atoms with Crippen LogP contribution >= 0.6 is 0 Å². The summed E-state index contributed by atoms with van der Waals surface area (Å²) in [5.41, 5.74) is 5.02. The lowest BCUT2D eigenvalue weighted by atomic mass is 9.99. The molecule has 1 amide bonds. The molecule has 1 N–H and O–H groups in total. The monoisotopic (exact) mass is 457 g/mol. The van der Waals surface area contributed by atoms with Crippen LogP contribution in [0.25, 0.3) is 0 Å². The maximum atomic E-state index is 13.6. The smallest absolute Gasteiger partial charge is 0.243 e. The molecule has 0 aromatic heterocycles. The van der Waals surface area contributed by atoms with E-state index in [-0.39, 0.29) is 23.9 Å². The van der Waals surface area contributed by atoms with E-state index in [0.717, 1.165) is 30.5 Å². The minimum absolute atomic E-state index is 0.0286. The van der Waals surface area contributed by atoms with Crippen molar-refractivity contribution in [2.75, 3.05) is 44.1 Å². The largest absolute Gasteiger partial charge is 0.383 e. The van der Waals surface area contributed by atoms with E-state index in [9.17, 15) is 13.2 Å². The van der Waals surface area contributed by atoms with E-state index in [2.05, 4.69) is 29.4 Å². The van der Waals surface area contributed by atoms with Crippen LogP contribution in [0.15, 0.2) is 41.3 Å². The van der Waals surface area contributed by atoms with Gasteiger partial charge in [0.25, 0.3) is 0 Å². The van der Waals surface area contributed by atoms with Crippen molar-refractivity contribution in [2.45, 2.75) is 43.5 Å². The fraction of sp³-hybridized carbons (Fsp3) is 0.458. The molecule has 7 nitrogen and oxygen atoms in total. The van der Waals surface area contributed by atoms with Gasteiger partial charge in [-0.3, -0.25) is 4.79 Å². The van der Waals surface area contributed by atoms with Crippen molar-refractivity contribution >= 4 is 27.3 Å². The van der Waals surface area contributed by atoms with Crippen molar-refractivity contribution < 1.29 is 17.9 Å². The third-order valence-electron chi connectivity index (χ3n) is 6.24. The Labute approximate surface area is 190 Å². The lowest BCUT2D eigenvalue weighted by molar-refractivity contribution is -0.116. The topological polar surface area (TPSA) is 79.0 Å². The molecule has 2 aromatic rings. The number of hydrogen-bond acceptors (Lipinski definition) is 5. The van der Waals surface area contributed by atoms with Crippen LogP contribution in [-0.2, 0) is 38.9 Å². The van der Waals surface area contributed by atoms with E-state index in [0.29, 0.717) is 31.6 Å². The maximum Gasteiger partial charge on any atom is 0.243 e. The molecule has 172 valence electrons. The van der Waals surface area contributed by atoms with Crippen molar-refractivity contribution in [1.29, 1.82) is 0 Å². The maximum absolute atomic E-state index is 13.6. The molecule has 0 unspecified atom stereocenters. The number of rotatable bonds is 7. The Morgan fingerprint density at radius 3 is 2.69 bits per heavy atom. The van der Waals surface area contributed by atoms with Gasteiger partial charge in [-0.15, -0.1) is 0 Å². The third kappa shape index (κ3) is 4.82. The van der Waals surface area contributed by atoms with Crippen LogP contribution < -0.4 is 10.2 Å². The predicted molar refractivity (Wildman–Crippen MR) is 126 cm³/mol. The van der Waals surface area contributed by atoms with E-state index in [1.165, 1.54) is 15.6 Å². The molecule has 8 heteroatoms. The van der Waals surface area contributed by atoms with Crippen LogP contribution in [0, 0.1) is 0 Å². The van der Waals surface area contributed by atoms with Crippen molar-refractivity contribution in [1.82, 2.24) is 4.31 Å². The minimum atomic E-state index is -3.73. The van der Waals surface area contributed by atoms with Gasteiger partial charge in [0.05, 0.1) is 11.5 Å². The summed E-state index contributed by atoms with van der Waals surface area (Å²) in [7, 11) is -0.0672. The van der Waals surface area contributed by atoms with Gasteiger partial charge in [-0.25, -0.2) is 8.42 Å². The van der Waals surface area contributed by atoms with Crippen LogP contribution in [0.5, 0.6) is 0 Å². The summed E-state index contributed by atoms with van der Waals surface area (Å²) in [5.74, 6) is -0.0286. The van der Waals surface area contributed by atoms with Crippen LogP contribution in [-0.4, -0.2) is 52.5 Å². The first-order valence-corrected chi connectivity index (χ1v) is 12.6. The second-order valence-corrected chi connectivity index (χ2v) is 10.5. The summed E-state index contributed by atoms with van der Waals surface area (Å²) in [4.78, 5) is 14.3. The zero-order valence-corrected chi connectivity index (χ0v) is 19.6. The van der Waals surface area contributed by atoms with Crippen LogP contribution in [0.4, 0.5) is 11.4 Å². The molecule has 2 heterocycles. The molecule has 0 spiro atoms. The molecule has 0 saturated heterocycles. The van der Waals surface area contributed by atoms with Gasteiger partial charge in [0.2, 0.25) is 15.9 Å². The Morgan fingerprint density at radius 1 is 1.06 bits per heavy atom. The minimum Gasteiger partial charge on any atom is -0.383 e. The van der Waals surface area contributed by atoms with E-state index < -0.39 is 10.0 Å². The molecule has 2 aliphatic heterocycles. The highest BCUT2D eigenvalue weighted by atomic mass is 32.2. The van der Waals surface area contributed by atoms with Gasteiger partial charge in [0, 0.05) is 51.6 Å². The number of hydrogen-bond donors (Lipinski definition) is 1. The van der Waals surface area contributed by atoms with Gasteiger partial charge in [-0.2, -0.15) is 4.31 Å². The number of sulfonamides is 1. The van der Waals surface area contributed by atoms with Gasteiger partial charge in [-0.1, -0.05) is 12.1 Å². The van der Waals surface area contributed by atoms with Crippen LogP contribution in [0.3, 0.4) is 0 Å².